The fraction of sp³-hybridized carbons (Fsp3) is 0.409. The van der Waals surface area contributed by atoms with E-state index in [0.29, 0.717) is 44.7 Å². The van der Waals surface area contributed by atoms with Crippen LogP contribution in [0.15, 0.2) is 53.7 Å². The van der Waals surface area contributed by atoms with Crippen molar-refractivity contribution < 1.29 is 14.3 Å². The molecule has 0 atom stereocenters. The van der Waals surface area contributed by atoms with Crippen LogP contribution < -0.4 is 15.8 Å². The Bertz CT molecular complexity index is 842. The van der Waals surface area contributed by atoms with Gasteiger partial charge < -0.3 is 25.4 Å². The van der Waals surface area contributed by atoms with Gasteiger partial charge in [0.2, 0.25) is 5.88 Å². The summed E-state index contributed by atoms with van der Waals surface area (Å²) in [6.07, 6.45) is 3.07. The van der Waals surface area contributed by atoms with E-state index in [-0.39, 0.29) is 36.1 Å². The maximum absolute atomic E-state index is 11.8. The highest BCUT2D eigenvalue weighted by Gasteiger charge is 2.23. The SMILES string of the molecule is CCOC(=O)N1CCC(NC(N)=NCc2ccnc(OCc3ccccc3)c2)CC1.I. The molecule has 1 amide bonds. The second-order valence-corrected chi connectivity index (χ2v) is 7.08. The summed E-state index contributed by atoms with van der Waals surface area (Å²) < 4.78 is 10.8. The number of guanidine groups is 1. The molecule has 3 N–H and O–H groups in total. The first-order valence-corrected chi connectivity index (χ1v) is 10.2. The number of nitrogens with zero attached hydrogens (tertiary/aromatic N) is 3. The van der Waals surface area contributed by atoms with Crippen LogP contribution in [-0.2, 0) is 17.9 Å². The highest BCUT2D eigenvalue weighted by molar-refractivity contribution is 14.0. The quantitative estimate of drug-likeness (QED) is 0.318. The summed E-state index contributed by atoms with van der Waals surface area (Å²) in [5, 5.41) is 3.24. The van der Waals surface area contributed by atoms with Crippen molar-refractivity contribution in [2.45, 2.75) is 39.0 Å². The molecule has 0 unspecified atom stereocenters. The Morgan fingerprint density at radius 2 is 1.97 bits per heavy atom. The third-order valence-electron chi connectivity index (χ3n) is 4.83. The first kappa shape index (κ1) is 24.7. The second kappa shape index (κ2) is 13.0. The number of amides is 1. The van der Waals surface area contributed by atoms with Gasteiger partial charge in [0.1, 0.15) is 6.61 Å². The van der Waals surface area contributed by atoms with E-state index in [9.17, 15) is 4.79 Å². The van der Waals surface area contributed by atoms with Gasteiger partial charge in [-0.05, 0) is 37.0 Å². The van der Waals surface area contributed by atoms with E-state index in [1.165, 1.54) is 0 Å². The summed E-state index contributed by atoms with van der Waals surface area (Å²) >= 11 is 0. The normalized spacial score (nSPS) is 14.5. The lowest BCUT2D eigenvalue weighted by molar-refractivity contribution is 0.0963. The molecule has 3 rings (SSSR count). The zero-order valence-electron chi connectivity index (χ0n) is 17.7. The molecule has 1 saturated heterocycles. The van der Waals surface area contributed by atoms with E-state index in [1.807, 2.05) is 49.4 Å². The number of aliphatic imine (C=N–C) groups is 1. The average Bonchev–Trinajstić information content (AvgIpc) is 2.78. The lowest BCUT2D eigenvalue weighted by Crippen LogP contribution is -2.48. The molecule has 1 aromatic heterocycles. The minimum absolute atomic E-state index is 0. The number of likely N-dealkylation sites (tertiary alicyclic amines) is 1. The number of aromatic nitrogens is 1. The van der Waals surface area contributed by atoms with Crippen molar-refractivity contribution >= 4 is 36.0 Å². The van der Waals surface area contributed by atoms with Crippen molar-refractivity contribution in [2.24, 2.45) is 10.7 Å². The van der Waals surface area contributed by atoms with Crippen molar-refractivity contribution in [2.75, 3.05) is 19.7 Å². The van der Waals surface area contributed by atoms with Gasteiger partial charge in [0.15, 0.2) is 5.96 Å². The first-order chi connectivity index (χ1) is 14.6. The van der Waals surface area contributed by atoms with Gasteiger partial charge in [0.05, 0.1) is 13.2 Å². The fourth-order valence-electron chi connectivity index (χ4n) is 3.21. The molecule has 168 valence electrons. The standard InChI is InChI=1S/C22H29N5O3.HI/c1-2-29-22(28)27-12-9-19(10-13-27)26-21(23)25-15-18-8-11-24-20(14-18)30-16-17-6-4-3-5-7-17;/h3-8,11,14,19H,2,9-10,12-13,15-16H2,1H3,(H3,23,25,26);1H. The molecule has 2 aromatic rings. The maximum atomic E-state index is 11.8. The smallest absolute Gasteiger partial charge is 0.409 e. The Labute approximate surface area is 200 Å². The molecule has 2 heterocycles. The molecule has 0 bridgehead atoms. The largest absolute Gasteiger partial charge is 0.473 e. The molecular formula is C22H30IN5O3. The number of benzene rings is 1. The Kier molecular flexibility index (Phi) is 10.3. The summed E-state index contributed by atoms with van der Waals surface area (Å²) in [7, 11) is 0. The summed E-state index contributed by atoms with van der Waals surface area (Å²) in [5.41, 5.74) is 8.11. The number of carbonyl (C=O) groups is 1. The highest BCUT2D eigenvalue weighted by Crippen LogP contribution is 2.13. The van der Waals surface area contributed by atoms with Crippen LogP contribution in [0.25, 0.3) is 0 Å². The molecule has 9 heteroatoms. The number of ether oxygens (including phenoxy) is 2. The van der Waals surface area contributed by atoms with Gasteiger partial charge >= 0.3 is 6.09 Å². The fourth-order valence-corrected chi connectivity index (χ4v) is 3.21. The summed E-state index contributed by atoms with van der Waals surface area (Å²) in [5.74, 6) is 0.956. The lowest BCUT2D eigenvalue weighted by Gasteiger charge is -2.31. The molecule has 1 aliphatic rings. The molecule has 1 fully saturated rings. The van der Waals surface area contributed by atoms with Crippen LogP contribution in [-0.4, -0.2) is 47.7 Å². The van der Waals surface area contributed by atoms with Crippen LogP contribution in [0.5, 0.6) is 5.88 Å². The van der Waals surface area contributed by atoms with Crippen LogP contribution in [0.2, 0.25) is 0 Å². The lowest BCUT2D eigenvalue weighted by atomic mass is 10.1. The summed E-state index contributed by atoms with van der Waals surface area (Å²) in [6.45, 7) is 4.40. The molecule has 1 aliphatic heterocycles. The first-order valence-electron chi connectivity index (χ1n) is 10.2. The number of nitrogens with one attached hydrogen (secondary N) is 1. The molecule has 0 saturated carbocycles. The van der Waals surface area contributed by atoms with Gasteiger partial charge in [-0.3, -0.25) is 0 Å². The minimum atomic E-state index is -0.249. The zero-order chi connectivity index (χ0) is 21.2. The van der Waals surface area contributed by atoms with E-state index < -0.39 is 0 Å². The monoisotopic (exact) mass is 539 g/mol. The topological polar surface area (TPSA) is 102 Å². The number of hydrogen-bond acceptors (Lipinski definition) is 5. The van der Waals surface area contributed by atoms with Gasteiger partial charge in [-0.25, -0.2) is 14.8 Å². The van der Waals surface area contributed by atoms with E-state index in [1.54, 1.807) is 11.1 Å². The highest BCUT2D eigenvalue weighted by atomic mass is 127. The maximum Gasteiger partial charge on any atom is 0.409 e. The van der Waals surface area contributed by atoms with E-state index in [4.69, 9.17) is 15.2 Å². The third-order valence-corrected chi connectivity index (χ3v) is 4.83. The Morgan fingerprint density at radius 3 is 2.68 bits per heavy atom. The molecule has 31 heavy (non-hydrogen) atoms. The van der Waals surface area contributed by atoms with Crippen LogP contribution in [0.3, 0.4) is 0 Å². The van der Waals surface area contributed by atoms with Crippen molar-refractivity contribution in [1.82, 2.24) is 15.2 Å². The van der Waals surface area contributed by atoms with Crippen LogP contribution in [0, 0.1) is 0 Å². The Hall–Kier alpha value is -2.56. The summed E-state index contributed by atoms with van der Waals surface area (Å²) in [4.78, 5) is 22.2. The number of pyridine rings is 1. The van der Waals surface area contributed by atoms with Crippen LogP contribution >= 0.6 is 24.0 Å². The Morgan fingerprint density at radius 1 is 1.23 bits per heavy atom. The van der Waals surface area contributed by atoms with Crippen molar-refractivity contribution in [3.63, 3.8) is 0 Å². The van der Waals surface area contributed by atoms with Gasteiger partial charge in [-0.15, -0.1) is 24.0 Å². The molecule has 0 radical (unpaired) electrons. The summed E-state index contributed by atoms with van der Waals surface area (Å²) in [6, 6.07) is 13.9. The number of halogens is 1. The molecule has 0 spiro atoms. The number of carbonyl (C=O) groups excluding carboxylic acids is 1. The van der Waals surface area contributed by atoms with Gasteiger partial charge in [-0.2, -0.15) is 0 Å². The number of nitrogens with two attached hydrogens (primary N) is 1. The van der Waals surface area contributed by atoms with Gasteiger partial charge in [0.25, 0.3) is 0 Å². The number of rotatable bonds is 7. The van der Waals surface area contributed by atoms with E-state index in [2.05, 4.69) is 15.3 Å². The van der Waals surface area contributed by atoms with Crippen molar-refractivity contribution in [3.8, 4) is 5.88 Å². The van der Waals surface area contributed by atoms with E-state index in [0.717, 1.165) is 24.0 Å². The minimum Gasteiger partial charge on any atom is -0.473 e. The third kappa shape index (κ3) is 8.23. The predicted molar refractivity (Wildman–Crippen MR) is 131 cm³/mol. The number of hydrogen-bond donors (Lipinski definition) is 2. The van der Waals surface area contributed by atoms with E-state index >= 15 is 0 Å². The second-order valence-electron chi connectivity index (χ2n) is 7.08. The average molecular weight is 539 g/mol. The van der Waals surface area contributed by atoms with Crippen LogP contribution in [0.1, 0.15) is 30.9 Å². The number of piperidine rings is 1. The van der Waals surface area contributed by atoms with Gasteiger partial charge in [-0.1, -0.05) is 30.3 Å². The molecule has 8 nitrogen and oxygen atoms in total. The molecule has 0 aliphatic carbocycles. The predicted octanol–water partition coefficient (Wildman–Crippen LogP) is 3.30. The van der Waals surface area contributed by atoms with Crippen molar-refractivity contribution in [1.29, 1.82) is 0 Å². The van der Waals surface area contributed by atoms with Crippen molar-refractivity contribution in [3.05, 3.63) is 59.8 Å². The molecule has 1 aromatic carbocycles. The zero-order valence-corrected chi connectivity index (χ0v) is 20.0. The van der Waals surface area contributed by atoms with Crippen LogP contribution in [0.4, 0.5) is 4.79 Å². The molecular weight excluding hydrogens is 509 g/mol. The van der Waals surface area contributed by atoms with Gasteiger partial charge in [0, 0.05) is 31.4 Å². The Balaban J connectivity index is 0.00000341.